The van der Waals surface area contributed by atoms with Gasteiger partial charge in [0.05, 0.1) is 23.7 Å². The van der Waals surface area contributed by atoms with Gasteiger partial charge in [-0.05, 0) is 42.5 Å². The van der Waals surface area contributed by atoms with E-state index in [1.807, 2.05) is 6.07 Å². The van der Waals surface area contributed by atoms with E-state index in [1.54, 1.807) is 72.8 Å². The molecule has 0 aliphatic rings. The van der Waals surface area contributed by atoms with Crippen molar-refractivity contribution in [2.45, 2.75) is 6.42 Å². The number of nitrogens with zero attached hydrogens (tertiary/aromatic N) is 2. The summed E-state index contributed by atoms with van der Waals surface area (Å²) in [5, 5.41) is 12.0. The molecule has 0 aromatic heterocycles. The molecule has 0 unspecified atom stereocenters. The van der Waals surface area contributed by atoms with Crippen LogP contribution in [0, 0.1) is 11.3 Å². The predicted molar refractivity (Wildman–Crippen MR) is 125 cm³/mol. The average molecular weight is 462 g/mol. The van der Waals surface area contributed by atoms with Crippen LogP contribution in [-0.4, -0.2) is 30.9 Å². The number of amides is 2. The summed E-state index contributed by atoms with van der Waals surface area (Å²) in [4.78, 5) is 39.3. The summed E-state index contributed by atoms with van der Waals surface area (Å²) >= 11 is 6.02. The maximum atomic E-state index is 12.8. The number of carbonyl (C=O) groups is 3. The lowest BCUT2D eigenvalue weighted by Gasteiger charge is -2.22. The summed E-state index contributed by atoms with van der Waals surface area (Å²) in [5.74, 6) is -1.65. The second-order valence-electron chi connectivity index (χ2n) is 6.88. The van der Waals surface area contributed by atoms with Crippen LogP contribution in [0.2, 0.25) is 5.02 Å². The Balaban J connectivity index is 1.70. The zero-order chi connectivity index (χ0) is 23.6. The number of nitrogens with one attached hydrogen (secondary N) is 1. The SMILES string of the molecule is N#CCCN(C(=O)COC(=O)c1ccccc1NC(=O)c1ccccc1)c1cccc(Cl)c1. The molecule has 0 heterocycles. The zero-order valence-electron chi connectivity index (χ0n) is 17.5. The topological polar surface area (TPSA) is 99.5 Å². The fourth-order valence-electron chi connectivity index (χ4n) is 3.04. The monoisotopic (exact) mass is 461 g/mol. The number of carbonyl (C=O) groups excluding carboxylic acids is 3. The number of ether oxygens (including phenoxy) is 1. The van der Waals surface area contributed by atoms with Gasteiger partial charge < -0.3 is 15.0 Å². The van der Waals surface area contributed by atoms with Gasteiger partial charge in [0.25, 0.3) is 11.8 Å². The van der Waals surface area contributed by atoms with Crippen LogP contribution in [0.15, 0.2) is 78.9 Å². The van der Waals surface area contributed by atoms with E-state index in [1.165, 1.54) is 11.0 Å². The van der Waals surface area contributed by atoms with E-state index in [0.29, 0.717) is 16.3 Å². The highest BCUT2D eigenvalue weighted by Gasteiger charge is 2.20. The first-order chi connectivity index (χ1) is 16.0. The zero-order valence-corrected chi connectivity index (χ0v) is 18.3. The molecule has 33 heavy (non-hydrogen) atoms. The van der Waals surface area contributed by atoms with Gasteiger partial charge in [0, 0.05) is 22.8 Å². The summed E-state index contributed by atoms with van der Waals surface area (Å²) in [6.07, 6.45) is 0.0978. The van der Waals surface area contributed by atoms with Gasteiger partial charge in [0.1, 0.15) is 0 Å². The molecule has 0 saturated carbocycles. The number of benzene rings is 3. The molecule has 0 aliphatic heterocycles. The number of hydrogen-bond donors (Lipinski definition) is 1. The Labute approximate surface area is 196 Å². The van der Waals surface area contributed by atoms with Crippen LogP contribution in [0.5, 0.6) is 0 Å². The Bertz CT molecular complexity index is 1190. The van der Waals surface area contributed by atoms with Crippen LogP contribution in [0.3, 0.4) is 0 Å². The fraction of sp³-hybridized carbons (Fsp3) is 0.120. The lowest BCUT2D eigenvalue weighted by Crippen LogP contribution is -2.35. The van der Waals surface area contributed by atoms with Crippen molar-refractivity contribution in [3.05, 3.63) is 95.0 Å². The first-order valence-electron chi connectivity index (χ1n) is 10.0. The van der Waals surface area contributed by atoms with Crippen molar-refractivity contribution >= 4 is 40.8 Å². The van der Waals surface area contributed by atoms with E-state index in [2.05, 4.69) is 5.32 Å². The van der Waals surface area contributed by atoms with Crippen molar-refractivity contribution < 1.29 is 19.1 Å². The number of anilines is 2. The van der Waals surface area contributed by atoms with Crippen LogP contribution in [0.4, 0.5) is 11.4 Å². The van der Waals surface area contributed by atoms with Gasteiger partial charge in [-0.1, -0.05) is 48.0 Å². The molecule has 0 spiro atoms. The van der Waals surface area contributed by atoms with E-state index in [9.17, 15) is 14.4 Å². The lowest BCUT2D eigenvalue weighted by molar-refractivity contribution is -0.121. The van der Waals surface area contributed by atoms with Gasteiger partial charge in [0.15, 0.2) is 6.61 Å². The predicted octanol–water partition coefficient (Wildman–Crippen LogP) is 4.70. The molecule has 166 valence electrons. The third-order valence-corrected chi connectivity index (χ3v) is 4.86. The lowest BCUT2D eigenvalue weighted by atomic mass is 10.1. The Morgan fingerprint density at radius 2 is 1.70 bits per heavy atom. The Morgan fingerprint density at radius 1 is 0.970 bits per heavy atom. The quantitative estimate of drug-likeness (QED) is 0.490. The van der Waals surface area contributed by atoms with E-state index in [4.69, 9.17) is 21.6 Å². The molecule has 3 aromatic carbocycles. The van der Waals surface area contributed by atoms with Crippen LogP contribution in [0.1, 0.15) is 27.1 Å². The maximum Gasteiger partial charge on any atom is 0.340 e. The summed E-state index contributed by atoms with van der Waals surface area (Å²) in [7, 11) is 0. The second kappa shape index (κ2) is 11.5. The molecule has 1 N–H and O–H groups in total. The molecule has 0 atom stereocenters. The largest absolute Gasteiger partial charge is 0.452 e. The normalized spacial score (nSPS) is 10.1. The number of hydrogen-bond acceptors (Lipinski definition) is 5. The average Bonchev–Trinajstić information content (AvgIpc) is 2.83. The van der Waals surface area contributed by atoms with Crippen molar-refractivity contribution in [3.63, 3.8) is 0 Å². The summed E-state index contributed by atoms with van der Waals surface area (Å²) in [6.45, 7) is -0.422. The van der Waals surface area contributed by atoms with Gasteiger partial charge in [0.2, 0.25) is 0 Å². The molecule has 3 rings (SSSR count). The minimum absolute atomic E-state index is 0.0978. The number of halogens is 1. The Hall–Kier alpha value is -4.15. The molecule has 8 heteroatoms. The van der Waals surface area contributed by atoms with Gasteiger partial charge in [-0.15, -0.1) is 0 Å². The first-order valence-corrected chi connectivity index (χ1v) is 10.4. The van der Waals surface area contributed by atoms with Crippen LogP contribution in [-0.2, 0) is 9.53 Å². The van der Waals surface area contributed by atoms with E-state index >= 15 is 0 Å². The molecule has 7 nitrogen and oxygen atoms in total. The highest BCUT2D eigenvalue weighted by molar-refractivity contribution is 6.30. The molecule has 0 radical (unpaired) electrons. The van der Waals surface area contributed by atoms with E-state index in [0.717, 1.165) is 0 Å². The number of rotatable bonds is 8. The summed E-state index contributed by atoms with van der Waals surface area (Å²) in [5.41, 5.74) is 1.31. The number of nitriles is 1. The van der Waals surface area contributed by atoms with Crippen molar-refractivity contribution in [2.75, 3.05) is 23.4 Å². The van der Waals surface area contributed by atoms with Gasteiger partial charge in [-0.3, -0.25) is 9.59 Å². The minimum Gasteiger partial charge on any atom is -0.452 e. The van der Waals surface area contributed by atoms with Gasteiger partial charge in [-0.2, -0.15) is 5.26 Å². The fourth-order valence-corrected chi connectivity index (χ4v) is 3.23. The molecule has 0 fully saturated rings. The molecule has 2 amide bonds. The molecule has 0 bridgehead atoms. The third kappa shape index (κ3) is 6.42. The Kier molecular flexibility index (Phi) is 8.17. The second-order valence-corrected chi connectivity index (χ2v) is 7.31. The number of esters is 1. The third-order valence-electron chi connectivity index (χ3n) is 4.63. The maximum absolute atomic E-state index is 12.8. The molecular weight excluding hydrogens is 442 g/mol. The minimum atomic E-state index is -0.765. The first kappa shape index (κ1) is 23.5. The summed E-state index contributed by atoms with van der Waals surface area (Å²) < 4.78 is 5.23. The van der Waals surface area contributed by atoms with Crippen molar-refractivity contribution in [2.24, 2.45) is 0 Å². The van der Waals surface area contributed by atoms with E-state index in [-0.39, 0.29) is 30.1 Å². The molecular formula is C25H20ClN3O4. The van der Waals surface area contributed by atoms with Gasteiger partial charge >= 0.3 is 5.97 Å². The molecule has 3 aromatic rings. The van der Waals surface area contributed by atoms with Crippen molar-refractivity contribution in [1.82, 2.24) is 0 Å². The highest BCUT2D eigenvalue weighted by Crippen LogP contribution is 2.21. The molecule has 0 saturated heterocycles. The smallest absolute Gasteiger partial charge is 0.340 e. The standard InChI is InChI=1S/C25H20ClN3O4/c26-19-10-6-11-20(16-19)29(15-7-14-27)23(30)17-33-25(32)21-12-4-5-13-22(21)28-24(31)18-8-2-1-3-9-18/h1-6,8-13,16H,7,15,17H2,(H,28,31). The Morgan fingerprint density at radius 3 is 2.42 bits per heavy atom. The van der Waals surface area contributed by atoms with Crippen LogP contribution in [0.25, 0.3) is 0 Å². The summed E-state index contributed by atoms with van der Waals surface area (Å²) in [6, 6.07) is 23.5. The van der Waals surface area contributed by atoms with Crippen LogP contribution >= 0.6 is 11.6 Å². The molecule has 0 aliphatic carbocycles. The van der Waals surface area contributed by atoms with Crippen molar-refractivity contribution in [1.29, 1.82) is 5.26 Å². The van der Waals surface area contributed by atoms with Gasteiger partial charge in [-0.25, -0.2) is 4.79 Å². The number of para-hydroxylation sites is 1. The van der Waals surface area contributed by atoms with Crippen LogP contribution < -0.4 is 10.2 Å². The van der Waals surface area contributed by atoms with E-state index < -0.39 is 18.5 Å². The van der Waals surface area contributed by atoms with Crippen molar-refractivity contribution in [3.8, 4) is 6.07 Å². The highest BCUT2D eigenvalue weighted by atomic mass is 35.5.